The molecule has 7 heteroatoms. The van der Waals surface area contributed by atoms with Gasteiger partial charge >= 0.3 is 0 Å². The van der Waals surface area contributed by atoms with Gasteiger partial charge in [-0.1, -0.05) is 34.1 Å². The number of thioether (sulfide) groups is 1. The summed E-state index contributed by atoms with van der Waals surface area (Å²) in [6.07, 6.45) is 1.70. The molecule has 0 saturated heterocycles. The fraction of sp³-hybridized carbons (Fsp3) is 0.0556. The van der Waals surface area contributed by atoms with E-state index in [1.165, 1.54) is 0 Å². The number of nitriles is 1. The molecule has 0 unspecified atom stereocenters. The molecular formula is C18H12BrN3O2S. The highest BCUT2D eigenvalue weighted by Gasteiger charge is 2.20. The van der Waals surface area contributed by atoms with E-state index in [4.69, 9.17) is 15.7 Å². The van der Waals surface area contributed by atoms with Gasteiger partial charge in [0.25, 0.3) is 5.91 Å². The fourth-order valence-corrected chi connectivity index (χ4v) is 3.29. The summed E-state index contributed by atoms with van der Waals surface area (Å²) in [5, 5.41) is 9.40. The van der Waals surface area contributed by atoms with Gasteiger partial charge in [-0.3, -0.25) is 4.79 Å². The number of amides is 1. The minimum atomic E-state index is -0.358. The third-order valence-electron chi connectivity index (χ3n) is 3.42. The minimum absolute atomic E-state index is 0.233. The van der Waals surface area contributed by atoms with Gasteiger partial charge < -0.3 is 10.5 Å². The number of nitrogens with two attached hydrogens (primary N) is 1. The number of hydrogen-bond acceptors (Lipinski definition) is 5. The maximum Gasteiger partial charge on any atom is 0.286 e. The van der Waals surface area contributed by atoms with E-state index in [2.05, 4.69) is 27.0 Å². The molecule has 0 aliphatic carbocycles. The number of nitrogens with zero attached hydrogens (tertiary/aromatic N) is 2. The van der Waals surface area contributed by atoms with E-state index in [-0.39, 0.29) is 17.7 Å². The van der Waals surface area contributed by atoms with Crippen molar-refractivity contribution in [3.05, 3.63) is 68.5 Å². The first-order chi connectivity index (χ1) is 12.1. The predicted octanol–water partition coefficient (Wildman–Crippen LogP) is 3.83. The number of carbonyl (C=O) groups excluding carboxylic acids is 1. The molecule has 3 rings (SSSR count). The van der Waals surface area contributed by atoms with Crippen LogP contribution < -0.4 is 10.5 Å². The Morgan fingerprint density at radius 1 is 1.32 bits per heavy atom. The second kappa shape index (κ2) is 7.55. The number of aliphatic imine (C=N–C) groups is 1. The molecular weight excluding hydrogens is 402 g/mol. The highest BCUT2D eigenvalue weighted by atomic mass is 79.9. The summed E-state index contributed by atoms with van der Waals surface area (Å²) in [6, 6.07) is 14.9. The van der Waals surface area contributed by atoms with Crippen molar-refractivity contribution in [3.63, 3.8) is 0 Å². The monoisotopic (exact) mass is 413 g/mol. The lowest BCUT2D eigenvalue weighted by molar-refractivity contribution is -0.113. The smallest absolute Gasteiger partial charge is 0.286 e. The molecule has 0 fully saturated rings. The quantitative estimate of drug-likeness (QED) is 0.769. The van der Waals surface area contributed by atoms with E-state index in [0.29, 0.717) is 16.2 Å². The van der Waals surface area contributed by atoms with Gasteiger partial charge in [-0.25, -0.2) is 0 Å². The summed E-state index contributed by atoms with van der Waals surface area (Å²) in [5.74, 6) is 0.241. The Hall–Kier alpha value is -2.56. The lowest BCUT2D eigenvalue weighted by Gasteiger charge is -2.11. The average molecular weight is 414 g/mol. The van der Waals surface area contributed by atoms with Gasteiger partial charge in [0.05, 0.1) is 16.5 Å². The minimum Gasteiger partial charge on any atom is -0.488 e. The van der Waals surface area contributed by atoms with Gasteiger partial charge in [-0.2, -0.15) is 10.3 Å². The Bertz CT molecular complexity index is 948. The standard InChI is InChI=1S/C18H12BrN3O2S/c19-14-5-6-15(24-10-12-4-2-1-3-11(12)9-20)13(7-14)8-16-17(23)22-18(21)25-16/h1-8H,10H2,(H2,21,22,23). The lowest BCUT2D eigenvalue weighted by atomic mass is 10.1. The van der Waals surface area contributed by atoms with Crippen molar-refractivity contribution >= 4 is 44.8 Å². The Kier molecular flexibility index (Phi) is 5.22. The number of carbonyl (C=O) groups is 1. The van der Waals surface area contributed by atoms with Gasteiger partial charge in [0, 0.05) is 15.6 Å². The van der Waals surface area contributed by atoms with Crippen molar-refractivity contribution in [3.8, 4) is 11.8 Å². The molecule has 1 aliphatic heterocycles. The van der Waals surface area contributed by atoms with Crippen LogP contribution in [0.15, 0.2) is 56.8 Å². The van der Waals surface area contributed by atoms with Crippen molar-refractivity contribution < 1.29 is 9.53 Å². The molecule has 1 aliphatic rings. The Morgan fingerprint density at radius 2 is 2.12 bits per heavy atom. The van der Waals surface area contributed by atoms with Crippen molar-refractivity contribution in [1.82, 2.24) is 0 Å². The molecule has 2 aromatic carbocycles. The van der Waals surface area contributed by atoms with Crippen LogP contribution >= 0.6 is 27.7 Å². The highest BCUT2D eigenvalue weighted by molar-refractivity contribution is 9.10. The molecule has 0 radical (unpaired) electrons. The number of ether oxygens (including phenoxy) is 1. The molecule has 124 valence electrons. The first-order valence-corrected chi connectivity index (χ1v) is 8.86. The second-order valence-corrected chi connectivity index (χ2v) is 7.08. The lowest BCUT2D eigenvalue weighted by Crippen LogP contribution is -2.01. The summed E-state index contributed by atoms with van der Waals surface area (Å²) < 4.78 is 6.74. The molecule has 25 heavy (non-hydrogen) atoms. The van der Waals surface area contributed by atoms with E-state index in [1.807, 2.05) is 30.3 Å². The van der Waals surface area contributed by atoms with E-state index in [1.54, 1.807) is 18.2 Å². The maximum atomic E-state index is 11.8. The van der Waals surface area contributed by atoms with Gasteiger partial charge in [-0.05, 0) is 42.1 Å². The Morgan fingerprint density at radius 3 is 2.84 bits per heavy atom. The molecule has 0 atom stereocenters. The normalized spacial score (nSPS) is 15.1. The molecule has 0 aromatic heterocycles. The topological polar surface area (TPSA) is 88.5 Å². The van der Waals surface area contributed by atoms with Crippen LogP contribution in [0.2, 0.25) is 0 Å². The molecule has 1 amide bonds. The van der Waals surface area contributed by atoms with E-state index < -0.39 is 0 Å². The van der Waals surface area contributed by atoms with E-state index in [9.17, 15) is 4.79 Å². The molecule has 2 N–H and O–H groups in total. The zero-order valence-corrected chi connectivity index (χ0v) is 15.3. The summed E-state index contributed by atoms with van der Waals surface area (Å²) in [6.45, 7) is 0.251. The van der Waals surface area contributed by atoms with Gasteiger partial charge in [0.1, 0.15) is 12.4 Å². The van der Waals surface area contributed by atoms with Gasteiger partial charge in [0.15, 0.2) is 5.17 Å². The van der Waals surface area contributed by atoms with Crippen molar-refractivity contribution in [2.45, 2.75) is 6.61 Å². The molecule has 2 aromatic rings. The van der Waals surface area contributed by atoms with Crippen LogP contribution in [0.3, 0.4) is 0 Å². The zero-order valence-electron chi connectivity index (χ0n) is 12.9. The zero-order chi connectivity index (χ0) is 17.8. The van der Waals surface area contributed by atoms with Gasteiger partial charge in [0.2, 0.25) is 0 Å². The van der Waals surface area contributed by atoms with Crippen LogP contribution in [-0.4, -0.2) is 11.1 Å². The first kappa shape index (κ1) is 17.3. The number of benzene rings is 2. The highest BCUT2D eigenvalue weighted by Crippen LogP contribution is 2.31. The van der Waals surface area contributed by atoms with Crippen LogP contribution in [-0.2, 0) is 11.4 Å². The van der Waals surface area contributed by atoms with Crippen LogP contribution in [0, 0.1) is 11.3 Å². The predicted molar refractivity (Wildman–Crippen MR) is 102 cm³/mol. The SMILES string of the molecule is N#Cc1ccccc1COc1ccc(Br)cc1C=C1SC(N)=NC1=O. The number of rotatable bonds is 4. The number of amidine groups is 1. The van der Waals surface area contributed by atoms with Crippen molar-refractivity contribution in [2.75, 3.05) is 0 Å². The fourth-order valence-electron chi connectivity index (χ4n) is 2.24. The molecule has 0 bridgehead atoms. The summed E-state index contributed by atoms with van der Waals surface area (Å²) >= 11 is 4.55. The Labute approximate surface area is 157 Å². The first-order valence-electron chi connectivity index (χ1n) is 7.25. The summed E-state index contributed by atoms with van der Waals surface area (Å²) in [4.78, 5) is 15.9. The van der Waals surface area contributed by atoms with Crippen LogP contribution in [0.5, 0.6) is 5.75 Å². The van der Waals surface area contributed by atoms with E-state index >= 15 is 0 Å². The van der Waals surface area contributed by atoms with Crippen LogP contribution in [0.1, 0.15) is 16.7 Å². The average Bonchev–Trinajstić information content (AvgIpc) is 2.91. The molecule has 0 spiro atoms. The summed E-state index contributed by atoms with van der Waals surface area (Å²) in [5.41, 5.74) is 7.68. The number of halogens is 1. The van der Waals surface area contributed by atoms with Crippen LogP contribution in [0.25, 0.3) is 6.08 Å². The van der Waals surface area contributed by atoms with Gasteiger partial charge in [-0.15, -0.1) is 0 Å². The molecule has 0 saturated carbocycles. The number of hydrogen-bond donors (Lipinski definition) is 1. The third-order valence-corrected chi connectivity index (χ3v) is 4.72. The van der Waals surface area contributed by atoms with E-state index in [0.717, 1.165) is 27.4 Å². The molecule has 1 heterocycles. The van der Waals surface area contributed by atoms with Crippen molar-refractivity contribution in [2.24, 2.45) is 10.7 Å². The molecule has 5 nitrogen and oxygen atoms in total. The Balaban J connectivity index is 1.87. The maximum absolute atomic E-state index is 11.8. The van der Waals surface area contributed by atoms with Crippen LogP contribution in [0.4, 0.5) is 0 Å². The largest absolute Gasteiger partial charge is 0.488 e. The van der Waals surface area contributed by atoms with Crippen molar-refractivity contribution in [1.29, 1.82) is 5.26 Å². The summed E-state index contributed by atoms with van der Waals surface area (Å²) in [7, 11) is 0. The second-order valence-electron chi connectivity index (χ2n) is 5.11. The third kappa shape index (κ3) is 4.10.